The van der Waals surface area contributed by atoms with Gasteiger partial charge in [-0.1, -0.05) is 48.0 Å². The molecule has 1 atom stereocenters. The summed E-state index contributed by atoms with van der Waals surface area (Å²) in [6, 6.07) is 23.2. The standard InChI is InChI=1S/C31H27NO5/c1-19-11-13-24(20(2)16-19)32-28(26-10-7-15-36-26)27(30(34)31(32)35)29(33)23-12-14-25(21(3)17-23)37-18-22-8-5-4-6-9-22/h4-17,28,33H,18H2,1-3H3/b29-27-. The Morgan fingerprint density at radius 1 is 0.919 bits per heavy atom. The van der Waals surface area contributed by atoms with E-state index in [4.69, 9.17) is 9.15 Å². The maximum Gasteiger partial charge on any atom is 0.300 e. The molecule has 0 saturated carbocycles. The first kappa shape index (κ1) is 24.1. The summed E-state index contributed by atoms with van der Waals surface area (Å²) < 4.78 is 11.6. The first-order valence-electron chi connectivity index (χ1n) is 12.0. The van der Waals surface area contributed by atoms with Gasteiger partial charge in [0.05, 0.1) is 11.8 Å². The minimum atomic E-state index is -0.897. The summed E-state index contributed by atoms with van der Waals surface area (Å²) in [7, 11) is 0. The summed E-state index contributed by atoms with van der Waals surface area (Å²) in [5.74, 6) is -0.681. The molecule has 1 N–H and O–H groups in total. The van der Waals surface area contributed by atoms with E-state index in [0.29, 0.717) is 29.4 Å². The fourth-order valence-electron chi connectivity index (χ4n) is 4.72. The zero-order chi connectivity index (χ0) is 26.1. The number of aryl methyl sites for hydroxylation is 3. The molecule has 0 aliphatic carbocycles. The van der Waals surface area contributed by atoms with E-state index < -0.39 is 17.7 Å². The Kier molecular flexibility index (Phi) is 6.40. The molecule has 0 bridgehead atoms. The first-order valence-corrected chi connectivity index (χ1v) is 12.0. The van der Waals surface area contributed by atoms with Crippen LogP contribution in [0.3, 0.4) is 0 Å². The van der Waals surface area contributed by atoms with Gasteiger partial charge in [-0.15, -0.1) is 0 Å². The number of Topliss-reactive ketones (excluding diaryl/α,β-unsaturated/α-hetero) is 1. The zero-order valence-electron chi connectivity index (χ0n) is 20.9. The van der Waals surface area contributed by atoms with Crippen molar-refractivity contribution in [1.82, 2.24) is 0 Å². The number of ether oxygens (including phenoxy) is 1. The second-order valence-electron chi connectivity index (χ2n) is 9.23. The van der Waals surface area contributed by atoms with Crippen LogP contribution in [0.15, 0.2) is 95.1 Å². The third kappa shape index (κ3) is 4.54. The lowest BCUT2D eigenvalue weighted by Crippen LogP contribution is -2.30. The van der Waals surface area contributed by atoms with Crippen molar-refractivity contribution in [3.63, 3.8) is 0 Å². The Bertz CT molecular complexity index is 1500. The topological polar surface area (TPSA) is 80.0 Å². The van der Waals surface area contributed by atoms with Gasteiger partial charge in [-0.2, -0.15) is 0 Å². The van der Waals surface area contributed by atoms with Crippen LogP contribution in [-0.2, 0) is 16.2 Å². The van der Waals surface area contributed by atoms with Gasteiger partial charge in [0.15, 0.2) is 0 Å². The van der Waals surface area contributed by atoms with Crippen LogP contribution in [0.2, 0.25) is 0 Å². The molecule has 0 spiro atoms. The van der Waals surface area contributed by atoms with Crippen LogP contribution in [0.25, 0.3) is 5.76 Å². The zero-order valence-corrected chi connectivity index (χ0v) is 20.9. The van der Waals surface area contributed by atoms with Crippen LogP contribution in [0.4, 0.5) is 5.69 Å². The van der Waals surface area contributed by atoms with Gasteiger partial charge < -0.3 is 14.3 Å². The Morgan fingerprint density at radius 3 is 2.38 bits per heavy atom. The maximum atomic E-state index is 13.3. The summed E-state index contributed by atoms with van der Waals surface area (Å²) in [6.07, 6.45) is 1.49. The molecule has 1 aromatic heterocycles. The van der Waals surface area contributed by atoms with Gasteiger partial charge in [0.2, 0.25) is 0 Å². The minimum Gasteiger partial charge on any atom is -0.507 e. The number of nitrogens with zero attached hydrogens (tertiary/aromatic N) is 1. The Labute approximate surface area is 215 Å². The average Bonchev–Trinajstić information content (AvgIpc) is 3.51. The van der Waals surface area contributed by atoms with Crippen molar-refractivity contribution >= 4 is 23.1 Å². The third-order valence-corrected chi connectivity index (χ3v) is 6.55. The van der Waals surface area contributed by atoms with E-state index in [-0.39, 0.29) is 11.3 Å². The number of carbonyl (C=O) groups is 2. The quantitative estimate of drug-likeness (QED) is 0.191. The molecule has 1 saturated heterocycles. The number of carbonyl (C=O) groups excluding carboxylic acids is 2. The number of aliphatic hydroxyl groups excluding tert-OH is 1. The lowest BCUT2D eigenvalue weighted by molar-refractivity contribution is -0.132. The van der Waals surface area contributed by atoms with Crippen LogP contribution >= 0.6 is 0 Å². The number of benzene rings is 3. The number of furan rings is 1. The molecule has 1 amide bonds. The molecule has 3 aromatic carbocycles. The van der Waals surface area contributed by atoms with Crippen LogP contribution < -0.4 is 9.64 Å². The highest BCUT2D eigenvalue weighted by molar-refractivity contribution is 6.51. The smallest absolute Gasteiger partial charge is 0.300 e. The average molecular weight is 494 g/mol. The van der Waals surface area contributed by atoms with Crippen molar-refractivity contribution in [3.8, 4) is 5.75 Å². The summed E-state index contributed by atoms with van der Waals surface area (Å²) in [6.45, 7) is 6.13. The number of hydrogen-bond acceptors (Lipinski definition) is 5. The molecule has 5 rings (SSSR count). The highest BCUT2D eigenvalue weighted by Gasteiger charge is 2.48. The molecule has 1 aliphatic rings. The van der Waals surface area contributed by atoms with Gasteiger partial charge in [-0.3, -0.25) is 14.5 Å². The lowest BCUT2D eigenvalue weighted by Gasteiger charge is -2.25. The lowest BCUT2D eigenvalue weighted by atomic mass is 9.98. The molecule has 1 aliphatic heterocycles. The molecule has 37 heavy (non-hydrogen) atoms. The van der Waals surface area contributed by atoms with Gasteiger partial charge in [0.1, 0.15) is 29.9 Å². The number of amides is 1. The fourth-order valence-corrected chi connectivity index (χ4v) is 4.72. The van der Waals surface area contributed by atoms with Crippen molar-refractivity contribution < 1.29 is 23.8 Å². The van der Waals surface area contributed by atoms with E-state index in [1.165, 1.54) is 11.2 Å². The minimum absolute atomic E-state index is 0.0164. The summed E-state index contributed by atoms with van der Waals surface area (Å²) in [5.41, 5.74) is 4.70. The van der Waals surface area contributed by atoms with Gasteiger partial charge in [0, 0.05) is 11.3 Å². The Morgan fingerprint density at radius 2 is 1.70 bits per heavy atom. The number of hydrogen-bond donors (Lipinski definition) is 1. The molecule has 4 aromatic rings. The molecule has 186 valence electrons. The third-order valence-electron chi connectivity index (χ3n) is 6.55. The molecular formula is C31H27NO5. The van der Waals surface area contributed by atoms with Crippen molar-refractivity contribution in [3.05, 3.63) is 124 Å². The Balaban J connectivity index is 1.54. The SMILES string of the molecule is Cc1ccc(N2C(=O)C(=O)/C(=C(\O)c3ccc(OCc4ccccc4)c(C)c3)C2c2ccco2)c(C)c1. The number of aliphatic hydroxyl groups is 1. The van der Waals surface area contributed by atoms with Crippen LogP contribution in [0, 0.1) is 20.8 Å². The highest BCUT2D eigenvalue weighted by Crippen LogP contribution is 2.43. The van der Waals surface area contributed by atoms with E-state index >= 15 is 0 Å². The first-order chi connectivity index (χ1) is 17.8. The van der Waals surface area contributed by atoms with Gasteiger partial charge in [-0.25, -0.2) is 0 Å². The van der Waals surface area contributed by atoms with E-state index in [1.807, 2.05) is 69.3 Å². The predicted molar refractivity (Wildman–Crippen MR) is 141 cm³/mol. The largest absolute Gasteiger partial charge is 0.507 e. The second kappa shape index (κ2) is 9.82. The van der Waals surface area contributed by atoms with Crippen LogP contribution in [-0.4, -0.2) is 16.8 Å². The van der Waals surface area contributed by atoms with Crippen LogP contribution in [0.1, 0.15) is 39.6 Å². The Hall–Kier alpha value is -4.58. The van der Waals surface area contributed by atoms with Crippen molar-refractivity contribution in [1.29, 1.82) is 0 Å². The monoisotopic (exact) mass is 493 g/mol. The normalized spacial score (nSPS) is 16.8. The van der Waals surface area contributed by atoms with E-state index in [1.54, 1.807) is 30.3 Å². The van der Waals surface area contributed by atoms with Crippen molar-refractivity contribution in [2.24, 2.45) is 0 Å². The molecule has 0 radical (unpaired) electrons. The summed E-state index contributed by atoms with van der Waals surface area (Å²) >= 11 is 0. The van der Waals surface area contributed by atoms with Crippen molar-refractivity contribution in [2.45, 2.75) is 33.4 Å². The number of rotatable bonds is 6. The van der Waals surface area contributed by atoms with E-state index in [0.717, 1.165) is 22.3 Å². The van der Waals surface area contributed by atoms with Gasteiger partial charge in [-0.05, 0) is 73.9 Å². The maximum absolute atomic E-state index is 13.3. The molecule has 2 heterocycles. The van der Waals surface area contributed by atoms with Gasteiger partial charge in [0.25, 0.3) is 11.7 Å². The molecule has 1 unspecified atom stereocenters. The predicted octanol–water partition coefficient (Wildman–Crippen LogP) is 6.41. The molecule has 6 nitrogen and oxygen atoms in total. The fraction of sp³-hybridized carbons (Fsp3) is 0.161. The van der Waals surface area contributed by atoms with Gasteiger partial charge >= 0.3 is 0 Å². The number of anilines is 1. The summed E-state index contributed by atoms with van der Waals surface area (Å²) in [4.78, 5) is 28.0. The molecule has 1 fully saturated rings. The highest BCUT2D eigenvalue weighted by atomic mass is 16.5. The van der Waals surface area contributed by atoms with E-state index in [2.05, 4.69) is 0 Å². The van der Waals surface area contributed by atoms with Crippen molar-refractivity contribution in [2.75, 3.05) is 4.90 Å². The number of ketones is 1. The van der Waals surface area contributed by atoms with E-state index in [9.17, 15) is 14.7 Å². The second-order valence-corrected chi connectivity index (χ2v) is 9.23. The molecular weight excluding hydrogens is 466 g/mol. The molecule has 6 heteroatoms. The summed E-state index contributed by atoms with van der Waals surface area (Å²) in [5, 5.41) is 11.4. The van der Waals surface area contributed by atoms with Crippen LogP contribution in [0.5, 0.6) is 5.75 Å².